The maximum atomic E-state index is 11.1. The van der Waals surface area contributed by atoms with Crippen LogP contribution < -0.4 is 14.4 Å². The summed E-state index contributed by atoms with van der Waals surface area (Å²) in [5, 5.41) is 18.1. The number of carbonyl (C=O) groups is 1. The zero-order chi connectivity index (χ0) is 28.8. The Hall–Kier alpha value is -5.32. The third-order valence-corrected chi connectivity index (χ3v) is 7.64. The van der Waals surface area contributed by atoms with Gasteiger partial charge in [0.15, 0.2) is 0 Å². The van der Waals surface area contributed by atoms with E-state index in [0.717, 1.165) is 55.0 Å². The van der Waals surface area contributed by atoms with Gasteiger partial charge in [-0.05, 0) is 95.6 Å². The van der Waals surface area contributed by atoms with Crippen LogP contribution in [0, 0.1) is 11.3 Å². The van der Waals surface area contributed by atoms with E-state index in [0.29, 0.717) is 0 Å². The lowest BCUT2D eigenvalue weighted by molar-refractivity contribution is -0.132. The predicted octanol–water partition coefficient (Wildman–Crippen LogP) is 8.56. The summed E-state index contributed by atoms with van der Waals surface area (Å²) in [5.41, 5.74) is 5.92. The molecule has 41 heavy (non-hydrogen) atoms. The molecule has 4 aromatic carbocycles. The van der Waals surface area contributed by atoms with Crippen molar-refractivity contribution >= 4 is 40.4 Å². The number of carboxylic acids is 1. The Balaban J connectivity index is 1.40. The quantitative estimate of drug-likeness (QED) is 0.144. The molecule has 0 aliphatic carbocycles. The molecule has 0 bridgehead atoms. The maximum Gasteiger partial charge on any atom is 0.346 e. The number of ether oxygens (including phenoxy) is 2. The summed E-state index contributed by atoms with van der Waals surface area (Å²) in [7, 11) is 3.31. The largest absolute Gasteiger partial charge is 0.497 e. The molecular weight excluding hydrogens is 532 g/mol. The van der Waals surface area contributed by atoms with E-state index >= 15 is 0 Å². The fourth-order valence-electron chi connectivity index (χ4n) is 4.41. The Morgan fingerprint density at radius 1 is 0.707 bits per heavy atom. The van der Waals surface area contributed by atoms with E-state index < -0.39 is 5.97 Å². The third kappa shape index (κ3) is 6.14. The first kappa shape index (κ1) is 27.3. The van der Waals surface area contributed by atoms with Crippen LogP contribution in [0.4, 0.5) is 17.1 Å². The summed E-state index contributed by atoms with van der Waals surface area (Å²) in [6, 6.07) is 38.0. The molecule has 0 aliphatic heterocycles. The molecule has 0 spiro atoms. The normalized spacial score (nSPS) is 11.0. The first-order chi connectivity index (χ1) is 20.0. The zero-order valence-corrected chi connectivity index (χ0v) is 23.3. The lowest BCUT2D eigenvalue weighted by atomic mass is 10.0. The SMILES string of the molecule is COc1ccc(N(c2ccc(OC)cc2)c2ccc(-c3ccc(-c4ccc(/C=C(\C#N)C(=O)O)s4)cc3)cc2)cc1. The van der Waals surface area contributed by atoms with Gasteiger partial charge in [0, 0.05) is 26.8 Å². The first-order valence-electron chi connectivity index (χ1n) is 12.7. The van der Waals surface area contributed by atoms with Crippen LogP contribution >= 0.6 is 11.3 Å². The van der Waals surface area contributed by atoms with E-state index in [-0.39, 0.29) is 5.57 Å². The molecule has 0 saturated heterocycles. The first-order valence-corrected chi connectivity index (χ1v) is 13.5. The molecule has 5 aromatic rings. The van der Waals surface area contributed by atoms with Crippen LogP contribution in [0.5, 0.6) is 11.5 Å². The second-order valence-electron chi connectivity index (χ2n) is 9.03. The molecule has 0 radical (unpaired) electrons. The number of nitriles is 1. The second kappa shape index (κ2) is 12.2. The summed E-state index contributed by atoms with van der Waals surface area (Å²) in [5.74, 6) is 0.364. The predicted molar refractivity (Wildman–Crippen MR) is 164 cm³/mol. The highest BCUT2D eigenvalue weighted by Gasteiger charge is 2.14. The number of aliphatic carboxylic acids is 1. The molecule has 0 amide bonds. The lowest BCUT2D eigenvalue weighted by Crippen LogP contribution is -2.09. The minimum Gasteiger partial charge on any atom is -0.497 e. The maximum absolute atomic E-state index is 11.1. The number of benzene rings is 4. The summed E-state index contributed by atoms with van der Waals surface area (Å²) in [6.07, 6.45) is 1.40. The van der Waals surface area contributed by atoms with E-state index in [2.05, 4.69) is 41.3 Å². The van der Waals surface area contributed by atoms with Gasteiger partial charge in [-0.2, -0.15) is 5.26 Å². The van der Waals surface area contributed by atoms with Gasteiger partial charge in [0.05, 0.1) is 14.2 Å². The minimum absolute atomic E-state index is 0.283. The summed E-state index contributed by atoms with van der Waals surface area (Å²) >= 11 is 1.44. The Labute approximate surface area is 242 Å². The second-order valence-corrected chi connectivity index (χ2v) is 10.1. The molecule has 0 unspecified atom stereocenters. The number of methoxy groups -OCH3 is 2. The fraction of sp³-hybridized carbons (Fsp3) is 0.0588. The van der Waals surface area contributed by atoms with Gasteiger partial charge in [0.1, 0.15) is 23.1 Å². The van der Waals surface area contributed by atoms with E-state index in [9.17, 15) is 4.79 Å². The van der Waals surface area contributed by atoms with Gasteiger partial charge in [-0.15, -0.1) is 11.3 Å². The number of hydrogen-bond acceptors (Lipinski definition) is 6. The van der Waals surface area contributed by atoms with Gasteiger partial charge in [0.2, 0.25) is 0 Å². The number of carboxylic acid groups (broad SMARTS) is 1. The third-order valence-electron chi connectivity index (χ3n) is 6.55. The number of rotatable bonds is 9. The summed E-state index contributed by atoms with van der Waals surface area (Å²) < 4.78 is 10.7. The number of nitrogens with zero attached hydrogens (tertiary/aromatic N) is 2. The molecule has 0 aliphatic rings. The number of anilines is 3. The number of hydrogen-bond donors (Lipinski definition) is 1. The standard InChI is InChI=1S/C34H26N2O4S/c1-39-30-15-11-28(12-16-30)36(29-13-17-31(40-2)18-14-29)27-9-7-24(8-10-27)23-3-5-25(6-4-23)33-20-19-32(41-33)21-26(22-35)34(37)38/h3-21H,1-2H3,(H,37,38)/b26-21+. The highest BCUT2D eigenvalue weighted by atomic mass is 32.1. The van der Waals surface area contributed by atoms with Crippen molar-refractivity contribution in [1.82, 2.24) is 0 Å². The molecule has 202 valence electrons. The van der Waals surface area contributed by atoms with Gasteiger partial charge in [-0.1, -0.05) is 36.4 Å². The van der Waals surface area contributed by atoms with Crippen LogP contribution in [0.1, 0.15) is 4.88 Å². The lowest BCUT2D eigenvalue weighted by Gasteiger charge is -2.26. The summed E-state index contributed by atoms with van der Waals surface area (Å²) in [4.78, 5) is 15.0. The van der Waals surface area contributed by atoms with Crippen molar-refractivity contribution in [2.75, 3.05) is 19.1 Å². The van der Waals surface area contributed by atoms with Crippen molar-refractivity contribution in [3.05, 3.63) is 120 Å². The molecular formula is C34H26N2O4S. The minimum atomic E-state index is -1.23. The van der Waals surface area contributed by atoms with Crippen molar-refractivity contribution in [3.63, 3.8) is 0 Å². The Morgan fingerprint density at radius 3 is 1.59 bits per heavy atom. The molecule has 0 atom stereocenters. The Morgan fingerprint density at radius 2 is 1.15 bits per heavy atom. The van der Waals surface area contributed by atoms with E-state index in [1.165, 1.54) is 17.4 Å². The monoisotopic (exact) mass is 558 g/mol. The topological polar surface area (TPSA) is 82.8 Å². The van der Waals surface area contributed by atoms with Gasteiger partial charge in [-0.3, -0.25) is 0 Å². The van der Waals surface area contributed by atoms with Crippen molar-refractivity contribution in [2.45, 2.75) is 0 Å². The highest BCUT2D eigenvalue weighted by Crippen LogP contribution is 2.37. The van der Waals surface area contributed by atoms with Crippen molar-refractivity contribution in [3.8, 4) is 39.1 Å². The van der Waals surface area contributed by atoms with Gasteiger partial charge >= 0.3 is 5.97 Å². The molecule has 5 rings (SSSR count). The highest BCUT2D eigenvalue weighted by molar-refractivity contribution is 7.16. The van der Waals surface area contributed by atoms with Crippen LogP contribution in [0.25, 0.3) is 27.6 Å². The van der Waals surface area contributed by atoms with Crippen LogP contribution in [0.3, 0.4) is 0 Å². The van der Waals surface area contributed by atoms with Crippen LogP contribution in [0.2, 0.25) is 0 Å². The molecule has 7 heteroatoms. The van der Waals surface area contributed by atoms with Gasteiger partial charge in [-0.25, -0.2) is 4.79 Å². The van der Waals surface area contributed by atoms with Gasteiger partial charge in [0.25, 0.3) is 0 Å². The fourth-order valence-corrected chi connectivity index (χ4v) is 5.37. The molecule has 6 nitrogen and oxygen atoms in total. The molecule has 0 fully saturated rings. The van der Waals surface area contributed by atoms with E-state index in [1.807, 2.05) is 72.8 Å². The van der Waals surface area contributed by atoms with Crippen LogP contribution in [-0.4, -0.2) is 25.3 Å². The molecule has 1 heterocycles. The average molecular weight is 559 g/mol. The smallest absolute Gasteiger partial charge is 0.346 e. The zero-order valence-electron chi connectivity index (χ0n) is 22.4. The van der Waals surface area contributed by atoms with Crippen molar-refractivity contribution < 1.29 is 19.4 Å². The average Bonchev–Trinajstić information content (AvgIpc) is 3.50. The Bertz CT molecular complexity index is 1670. The van der Waals surface area contributed by atoms with E-state index in [4.69, 9.17) is 19.8 Å². The number of thiophene rings is 1. The van der Waals surface area contributed by atoms with Crippen molar-refractivity contribution in [2.24, 2.45) is 0 Å². The Kier molecular flexibility index (Phi) is 8.14. The molecule has 1 aromatic heterocycles. The van der Waals surface area contributed by atoms with Crippen molar-refractivity contribution in [1.29, 1.82) is 5.26 Å². The molecule has 0 saturated carbocycles. The van der Waals surface area contributed by atoms with Gasteiger partial charge < -0.3 is 19.5 Å². The molecule has 1 N–H and O–H groups in total. The van der Waals surface area contributed by atoms with Crippen LogP contribution in [0.15, 0.2) is 115 Å². The van der Waals surface area contributed by atoms with Crippen LogP contribution in [-0.2, 0) is 4.79 Å². The van der Waals surface area contributed by atoms with E-state index in [1.54, 1.807) is 20.3 Å². The summed E-state index contributed by atoms with van der Waals surface area (Å²) in [6.45, 7) is 0.